The predicted octanol–water partition coefficient (Wildman–Crippen LogP) is 3.01. The maximum Gasteiger partial charge on any atom is 0.338 e. The largest absolute Gasteiger partial charge is 0.489 e. The second-order valence-electron chi connectivity index (χ2n) is 6.95. The van der Waals surface area contributed by atoms with Crippen LogP contribution in [0.2, 0.25) is 0 Å². The summed E-state index contributed by atoms with van der Waals surface area (Å²) in [6.45, 7) is 4.49. The molecule has 1 aromatic heterocycles. The molecule has 0 aliphatic carbocycles. The fourth-order valence-corrected chi connectivity index (χ4v) is 3.91. The lowest BCUT2D eigenvalue weighted by molar-refractivity contribution is -0.134. The van der Waals surface area contributed by atoms with Crippen LogP contribution in [0.5, 0.6) is 5.75 Å². The maximum atomic E-state index is 12.3. The minimum atomic E-state index is -0.516. The summed E-state index contributed by atoms with van der Waals surface area (Å²) >= 11 is 1.28. The van der Waals surface area contributed by atoms with E-state index in [0.717, 1.165) is 11.3 Å². The van der Waals surface area contributed by atoms with Crippen LogP contribution in [0.3, 0.4) is 0 Å². The molecule has 1 aromatic carbocycles. The van der Waals surface area contributed by atoms with Gasteiger partial charge in [0, 0.05) is 6.54 Å². The number of benzene rings is 1. The Hall–Kier alpha value is -3.27. The van der Waals surface area contributed by atoms with Crippen molar-refractivity contribution >= 4 is 29.6 Å². The summed E-state index contributed by atoms with van der Waals surface area (Å²) in [7, 11) is 1.28. The zero-order valence-electron chi connectivity index (χ0n) is 18.1. The Morgan fingerprint density at radius 2 is 2.00 bits per heavy atom. The van der Waals surface area contributed by atoms with Gasteiger partial charge >= 0.3 is 11.9 Å². The third kappa shape index (κ3) is 5.91. The van der Waals surface area contributed by atoms with Crippen molar-refractivity contribution in [2.24, 2.45) is 0 Å². The van der Waals surface area contributed by atoms with Gasteiger partial charge in [-0.2, -0.15) is 0 Å². The van der Waals surface area contributed by atoms with Crippen molar-refractivity contribution in [1.29, 1.82) is 0 Å². The van der Waals surface area contributed by atoms with Gasteiger partial charge in [-0.05, 0) is 44.5 Å². The van der Waals surface area contributed by atoms with Crippen molar-refractivity contribution in [3.8, 4) is 5.75 Å². The minimum Gasteiger partial charge on any atom is -0.489 e. The third-order valence-corrected chi connectivity index (χ3v) is 5.79. The third-order valence-electron chi connectivity index (χ3n) is 4.77. The summed E-state index contributed by atoms with van der Waals surface area (Å²) in [4.78, 5) is 37.2. The average molecular weight is 461 g/mol. The van der Waals surface area contributed by atoms with Crippen molar-refractivity contribution in [3.63, 3.8) is 0 Å². The highest BCUT2D eigenvalue weighted by Gasteiger charge is 2.27. The Kier molecular flexibility index (Phi) is 7.93. The molecule has 32 heavy (non-hydrogen) atoms. The number of aryl methyl sites for hydroxylation is 2. The van der Waals surface area contributed by atoms with Gasteiger partial charge in [0.15, 0.2) is 0 Å². The SMILES string of the molecule is COC(=O)/C=C1/SCC(=O)N1CCCOC(=O)c1ccc(OCc2c(C)noc2C)cc1. The van der Waals surface area contributed by atoms with Gasteiger partial charge in [-0.1, -0.05) is 16.9 Å². The lowest BCUT2D eigenvalue weighted by Gasteiger charge is -2.16. The van der Waals surface area contributed by atoms with E-state index in [-0.39, 0.29) is 18.3 Å². The van der Waals surface area contributed by atoms with Crippen molar-refractivity contribution < 1.29 is 33.1 Å². The number of nitrogens with zero attached hydrogens (tertiary/aromatic N) is 2. The summed E-state index contributed by atoms with van der Waals surface area (Å²) in [5, 5.41) is 4.43. The molecule has 1 amide bonds. The Morgan fingerprint density at radius 1 is 1.25 bits per heavy atom. The minimum absolute atomic E-state index is 0.0938. The predicted molar refractivity (Wildman–Crippen MR) is 116 cm³/mol. The molecule has 1 fully saturated rings. The number of hydrogen-bond acceptors (Lipinski definition) is 9. The van der Waals surface area contributed by atoms with Gasteiger partial charge in [0.2, 0.25) is 5.91 Å². The van der Waals surface area contributed by atoms with E-state index in [9.17, 15) is 14.4 Å². The maximum absolute atomic E-state index is 12.3. The van der Waals surface area contributed by atoms with Gasteiger partial charge in [0.1, 0.15) is 18.1 Å². The molecule has 0 saturated carbocycles. The smallest absolute Gasteiger partial charge is 0.338 e. The van der Waals surface area contributed by atoms with E-state index in [4.69, 9.17) is 14.0 Å². The zero-order chi connectivity index (χ0) is 23.1. The Labute approximate surface area is 189 Å². The van der Waals surface area contributed by atoms with Gasteiger partial charge in [-0.3, -0.25) is 4.79 Å². The lowest BCUT2D eigenvalue weighted by atomic mass is 10.2. The number of rotatable bonds is 9. The van der Waals surface area contributed by atoms with Crippen molar-refractivity contribution in [3.05, 3.63) is 58.0 Å². The first-order chi connectivity index (χ1) is 15.4. The summed E-state index contributed by atoms with van der Waals surface area (Å²) in [6, 6.07) is 6.64. The van der Waals surface area contributed by atoms with E-state index in [1.165, 1.54) is 29.8 Å². The van der Waals surface area contributed by atoms with Crippen LogP contribution in [-0.4, -0.2) is 53.9 Å². The Balaban J connectivity index is 1.44. The fraction of sp³-hybridized carbons (Fsp3) is 0.364. The van der Waals surface area contributed by atoms with Crippen molar-refractivity contribution in [2.75, 3.05) is 26.0 Å². The quantitative estimate of drug-likeness (QED) is 0.317. The number of amides is 1. The molecule has 0 spiro atoms. The van der Waals surface area contributed by atoms with Gasteiger partial charge in [0.25, 0.3) is 0 Å². The van der Waals surface area contributed by atoms with Crippen LogP contribution in [-0.2, 0) is 25.7 Å². The van der Waals surface area contributed by atoms with Crippen LogP contribution in [0.4, 0.5) is 0 Å². The van der Waals surface area contributed by atoms with E-state index in [0.29, 0.717) is 41.7 Å². The second-order valence-corrected chi connectivity index (χ2v) is 7.94. The molecule has 10 heteroatoms. The molecule has 0 unspecified atom stereocenters. The van der Waals surface area contributed by atoms with Gasteiger partial charge < -0.3 is 23.6 Å². The van der Waals surface area contributed by atoms with Crippen LogP contribution in [0.25, 0.3) is 0 Å². The molecule has 0 bridgehead atoms. The topological polar surface area (TPSA) is 108 Å². The number of ether oxygens (including phenoxy) is 3. The van der Waals surface area contributed by atoms with Gasteiger partial charge in [-0.15, -0.1) is 0 Å². The van der Waals surface area contributed by atoms with E-state index in [2.05, 4.69) is 9.89 Å². The molecular weight excluding hydrogens is 436 g/mol. The van der Waals surface area contributed by atoms with Crippen LogP contribution in [0.1, 0.15) is 33.8 Å². The van der Waals surface area contributed by atoms with E-state index < -0.39 is 11.9 Å². The first-order valence-corrected chi connectivity index (χ1v) is 10.9. The molecule has 1 saturated heterocycles. The Bertz CT molecular complexity index is 994. The number of thioether (sulfide) groups is 1. The van der Waals surface area contributed by atoms with Crippen LogP contribution in [0.15, 0.2) is 39.9 Å². The summed E-state index contributed by atoms with van der Waals surface area (Å²) in [5.74, 6) is 0.519. The van der Waals surface area contributed by atoms with Crippen molar-refractivity contribution in [1.82, 2.24) is 10.1 Å². The molecule has 9 nitrogen and oxygen atoms in total. The molecule has 0 atom stereocenters. The monoisotopic (exact) mass is 460 g/mol. The molecule has 2 heterocycles. The first-order valence-electron chi connectivity index (χ1n) is 9.93. The van der Waals surface area contributed by atoms with Crippen LogP contribution >= 0.6 is 11.8 Å². The molecule has 0 radical (unpaired) electrons. The number of hydrogen-bond donors (Lipinski definition) is 0. The number of methoxy groups -OCH3 is 1. The van der Waals surface area contributed by atoms with Gasteiger partial charge in [0.05, 0.1) is 47.4 Å². The standard InChI is InChI=1S/C22H24N2O7S/c1-14-18(15(2)31-23-14)12-30-17-7-5-16(6-8-17)22(27)29-10-4-9-24-19(25)13-32-20(24)11-21(26)28-3/h5-8,11H,4,9-10,12-13H2,1-3H3/b20-11+. The van der Waals surface area contributed by atoms with E-state index in [1.54, 1.807) is 24.3 Å². The zero-order valence-corrected chi connectivity index (χ0v) is 18.9. The molecule has 170 valence electrons. The number of aromatic nitrogens is 1. The summed E-state index contributed by atoms with van der Waals surface area (Å²) in [6.07, 6.45) is 1.73. The Morgan fingerprint density at radius 3 is 2.66 bits per heavy atom. The number of esters is 2. The van der Waals surface area contributed by atoms with Crippen molar-refractivity contribution in [2.45, 2.75) is 26.9 Å². The summed E-state index contributed by atoms with van der Waals surface area (Å²) in [5.41, 5.74) is 2.08. The molecular formula is C22H24N2O7S. The molecule has 2 aromatic rings. The van der Waals surface area contributed by atoms with Crippen LogP contribution < -0.4 is 4.74 Å². The lowest BCUT2D eigenvalue weighted by Crippen LogP contribution is -2.27. The molecule has 3 rings (SSSR count). The molecule has 1 aliphatic rings. The van der Waals surface area contributed by atoms with E-state index >= 15 is 0 Å². The van der Waals surface area contributed by atoms with Crippen LogP contribution in [0, 0.1) is 13.8 Å². The van der Waals surface area contributed by atoms with Gasteiger partial charge in [-0.25, -0.2) is 9.59 Å². The highest BCUT2D eigenvalue weighted by molar-refractivity contribution is 8.04. The normalized spacial score (nSPS) is 14.7. The number of carbonyl (C=O) groups excluding carboxylic acids is 3. The summed E-state index contributed by atoms with van der Waals surface area (Å²) < 4.78 is 20.7. The number of carbonyl (C=O) groups is 3. The second kappa shape index (κ2) is 10.9. The first kappa shape index (κ1) is 23.4. The van der Waals surface area contributed by atoms with E-state index in [1.807, 2.05) is 13.8 Å². The fourth-order valence-electron chi connectivity index (χ4n) is 2.95. The highest BCUT2D eigenvalue weighted by atomic mass is 32.2. The average Bonchev–Trinajstić information content (AvgIpc) is 3.30. The molecule has 1 aliphatic heterocycles. The highest BCUT2D eigenvalue weighted by Crippen LogP contribution is 2.28. The molecule has 0 N–H and O–H groups in total.